The summed E-state index contributed by atoms with van der Waals surface area (Å²) >= 11 is 1.55. The first kappa shape index (κ1) is 15.7. The number of ether oxygens (including phenoxy) is 1. The van der Waals surface area contributed by atoms with E-state index >= 15 is 0 Å². The molecule has 120 valence electrons. The van der Waals surface area contributed by atoms with E-state index in [9.17, 15) is 9.59 Å². The molecule has 0 unspecified atom stereocenters. The number of hydrogen-bond donors (Lipinski definition) is 1. The Bertz CT molecular complexity index is 719. The van der Waals surface area contributed by atoms with Gasteiger partial charge in [0.15, 0.2) is 0 Å². The van der Waals surface area contributed by atoms with Crippen LogP contribution in [0.3, 0.4) is 0 Å². The standard InChI is InChI=1S/C18H19NO3S/c1-11-10-15(12(2)23-11)18(21)22-16(13-6-4-3-5-7-13)17(20)19-14-8-9-14/h3-7,10,14,16H,8-9H2,1-2H3,(H,19,20)/t16-/m0/s1. The lowest BCUT2D eigenvalue weighted by Gasteiger charge is -2.18. The van der Waals surface area contributed by atoms with Gasteiger partial charge in [-0.1, -0.05) is 30.3 Å². The van der Waals surface area contributed by atoms with Gasteiger partial charge >= 0.3 is 5.97 Å². The Morgan fingerprint density at radius 3 is 2.48 bits per heavy atom. The van der Waals surface area contributed by atoms with Crippen LogP contribution >= 0.6 is 11.3 Å². The van der Waals surface area contributed by atoms with Crippen LogP contribution in [0.2, 0.25) is 0 Å². The van der Waals surface area contributed by atoms with Crippen LogP contribution in [-0.4, -0.2) is 17.9 Å². The molecule has 5 heteroatoms. The third kappa shape index (κ3) is 3.79. The fourth-order valence-electron chi connectivity index (χ4n) is 2.41. The third-order valence-electron chi connectivity index (χ3n) is 3.75. The predicted molar refractivity (Wildman–Crippen MR) is 89.6 cm³/mol. The van der Waals surface area contributed by atoms with Gasteiger partial charge in [0.2, 0.25) is 6.10 Å². The Morgan fingerprint density at radius 2 is 1.91 bits per heavy atom. The summed E-state index contributed by atoms with van der Waals surface area (Å²) in [6.07, 6.45) is 1.07. The van der Waals surface area contributed by atoms with Crippen molar-refractivity contribution in [1.29, 1.82) is 0 Å². The van der Waals surface area contributed by atoms with E-state index in [4.69, 9.17) is 4.74 Å². The molecule has 1 aromatic heterocycles. The number of rotatable bonds is 5. The van der Waals surface area contributed by atoms with Crippen LogP contribution in [0.15, 0.2) is 36.4 Å². The van der Waals surface area contributed by atoms with Crippen molar-refractivity contribution in [2.45, 2.75) is 38.8 Å². The van der Waals surface area contributed by atoms with E-state index in [1.807, 2.05) is 38.1 Å². The number of carbonyl (C=O) groups excluding carboxylic acids is 2. The van der Waals surface area contributed by atoms with Crippen LogP contribution < -0.4 is 5.32 Å². The van der Waals surface area contributed by atoms with Crippen molar-refractivity contribution in [3.05, 3.63) is 57.3 Å². The van der Waals surface area contributed by atoms with Gasteiger partial charge in [-0.2, -0.15) is 0 Å². The average Bonchev–Trinajstić information content (AvgIpc) is 3.27. The second-order valence-electron chi connectivity index (χ2n) is 5.81. The Kier molecular flexibility index (Phi) is 4.48. The smallest absolute Gasteiger partial charge is 0.340 e. The summed E-state index contributed by atoms with van der Waals surface area (Å²) in [5.41, 5.74) is 1.22. The molecule has 0 saturated heterocycles. The zero-order valence-electron chi connectivity index (χ0n) is 13.2. The minimum atomic E-state index is -0.913. The maximum Gasteiger partial charge on any atom is 0.340 e. The zero-order valence-corrected chi connectivity index (χ0v) is 14.0. The van der Waals surface area contributed by atoms with Gasteiger partial charge < -0.3 is 10.1 Å². The van der Waals surface area contributed by atoms with Crippen LogP contribution in [0.5, 0.6) is 0 Å². The van der Waals surface area contributed by atoms with Crippen molar-refractivity contribution in [3.63, 3.8) is 0 Å². The van der Waals surface area contributed by atoms with Gasteiger partial charge in [0.1, 0.15) is 0 Å². The molecule has 0 bridgehead atoms. The summed E-state index contributed by atoms with van der Waals surface area (Å²) in [4.78, 5) is 26.9. The third-order valence-corrected chi connectivity index (χ3v) is 4.72. The highest BCUT2D eigenvalue weighted by atomic mass is 32.1. The highest BCUT2D eigenvalue weighted by Gasteiger charge is 2.31. The van der Waals surface area contributed by atoms with Gasteiger partial charge in [0, 0.05) is 21.4 Å². The molecule has 1 aromatic carbocycles. The highest BCUT2D eigenvalue weighted by molar-refractivity contribution is 7.12. The average molecular weight is 329 g/mol. The number of carbonyl (C=O) groups is 2. The minimum Gasteiger partial charge on any atom is -0.444 e. The lowest BCUT2D eigenvalue weighted by atomic mass is 10.1. The maximum absolute atomic E-state index is 12.5. The van der Waals surface area contributed by atoms with Crippen LogP contribution in [0.25, 0.3) is 0 Å². The van der Waals surface area contributed by atoms with Crippen LogP contribution in [0.1, 0.15) is 44.6 Å². The fraction of sp³-hybridized carbons (Fsp3) is 0.333. The predicted octanol–water partition coefficient (Wildman–Crippen LogP) is 3.54. The van der Waals surface area contributed by atoms with Gasteiger partial charge in [-0.25, -0.2) is 4.79 Å². The molecule has 0 spiro atoms. The number of amides is 1. The number of benzene rings is 1. The number of esters is 1. The van der Waals surface area contributed by atoms with Crippen molar-refractivity contribution in [2.75, 3.05) is 0 Å². The van der Waals surface area contributed by atoms with Gasteiger partial charge in [-0.15, -0.1) is 11.3 Å². The molecule has 1 saturated carbocycles. The van der Waals surface area contributed by atoms with Gasteiger partial charge in [0.05, 0.1) is 5.56 Å². The monoisotopic (exact) mass is 329 g/mol. The molecule has 1 amide bonds. The molecule has 0 radical (unpaired) electrons. The largest absolute Gasteiger partial charge is 0.444 e. The molecule has 1 aliphatic rings. The zero-order chi connectivity index (χ0) is 16.4. The summed E-state index contributed by atoms with van der Waals surface area (Å²) in [5, 5.41) is 2.92. The number of aryl methyl sites for hydroxylation is 2. The van der Waals surface area contributed by atoms with Crippen LogP contribution in [0.4, 0.5) is 0 Å². The Balaban J connectivity index is 1.81. The molecule has 1 fully saturated rings. The molecule has 1 aliphatic carbocycles. The second-order valence-corrected chi connectivity index (χ2v) is 7.27. The molecular formula is C18H19NO3S. The first-order valence-electron chi connectivity index (χ1n) is 7.68. The number of thiophene rings is 1. The van der Waals surface area contributed by atoms with Crippen molar-refractivity contribution in [2.24, 2.45) is 0 Å². The lowest BCUT2D eigenvalue weighted by molar-refractivity contribution is -0.130. The maximum atomic E-state index is 12.5. The Hall–Kier alpha value is -2.14. The van der Waals surface area contributed by atoms with E-state index in [2.05, 4.69) is 5.32 Å². The quantitative estimate of drug-likeness (QED) is 0.854. The molecule has 3 rings (SSSR count). The molecule has 1 atom stereocenters. The van der Waals surface area contributed by atoms with Crippen LogP contribution in [-0.2, 0) is 9.53 Å². The van der Waals surface area contributed by atoms with Crippen molar-refractivity contribution >= 4 is 23.2 Å². The lowest BCUT2D eigenvalue weighted by Crippen LogP contribution is -2.33. The molecule has 23 heavy (non-hydrogen) atoms. The molecular weight excluding hydrogens is 310 g/mol. The van der Waals surface area contributed by atoms with E-state index in [0.29, 0.717) is 11.1 Å². The van der Waals surface area contributed by atoms with Gasteiger partial charge in [-0.05, 0) is 32.8 Å². The van der Waals surface area contributed by atoms with Gasteiger partial charge in [-0.3, -0.25) is 4.79 Å². The van der Waals surface area contributed by atoms with Crippen molar-refractivity contribution in [1.82, 2.24) is 5.32 Å². The first-order chi connectivity index (χ1) is 11.0. The Labute approximate surface area is 139 Å². The minimum absolute atomic E-state index is 0.220. The Morgan fingerprint density at radius 1 is 1.22 bits per heavy atom. The fourth-order valence-corrected chi connectivity index (χ4v) is 3.32. The van der Waals surface area contributed by atoms with Crippen molar-refractivity contribution < 1.29 is 14.3 Å². The van der Waals surface area contributed by atoms with E-state index in [1.54, 1.807) is 23.5 Å². The first-order valence-corrected chi connectivity index (χ1v) is 8.49. The summed E-state index contributed by atoms with van der Waals surface area (Å²) in [7, 11) is 0. The SMILES string of the molecule is Cc1cc(C(=O)O[C@H](C(=O)NC2CC2)c2ccccc2)c(C)s1. The van der Waals surface area contributed by atoms with E-state index in [-0.39, 0.29) is 11.9 Å². The normalized spacial score (nSPS) is 15.0. The summed E-state index contributed by atoms with van der Waals surface area (Å²) in [6.45, 7) is 3.83. The topological polar surface area (TPSA) is 55.4 Å². The van der Waals surface area contributed by atoms with Crippen molar-refractivity contribution in [3.8, 4) is 0 Å². The second kappa shape index (κ2) is 6.54. The summed E-state index contributed by atoms with van der Waals surface area (Å²) < 4.78 is 5.56. The molecule has 1 heterocycles. The van der Waals surface area contributed by atoms with Gasteiger partial charge in [0.25, 0.3) is 5.91 Å². The number of nitrogens with one attached hydrogen (secondary N) is 1. The molecule has 2 aromatic rings. The van der Waals surface area contributed by atoms with E-state index < -0.39 is 12.1 Å². The highest BCUT2D eigenvalue weighted by Crippen LogP contribution is 2.26. The number of hydrogen-bond acceptors (Lipinski definition) is 4. The molecule has 0 aliphatic heterocycles. The van der Waals surface area contributed by atoms with Crippen LogP contribution in [0, 0.1) is 13.8 Å². The summed E-state index contributed by atoms with van der Waals surface area (Å²) in [5.74, 6) is -0.705. The van der Waals surface area contributed by atoms with E-state index in [1.165, 1.54) is 0 Å². The van der Waals surface area contributed by atoms with E-state index in [0.717, 1.165) is 22.6 Å². The molecule has 4 nitrogen and oxygen atoms in total. The summed E-state index contributed by atoms with van der Waals surface area (Å²) in [6, 6.07) is 11.2. The molecule has 1 N–H and O–H groups in total.